The molecule has 0 saturated heterocycles. The van der Waals surface area contributed by atoms with Gasteiger partial charge < -0.3 is 10.1 Å². The molecule has 0 saturated carbocycles. The van der Waals surface area contributed by atoms with Crippen LogP contribution in [-0.4, -0.2) is 23.3 Å². The number of hydrogen-bond donors (Lipinski definition) is 1. The topological polar surface area (TPSA) is 56.1 Å². The number of nitrogens with one attached hydrogen (secondary N) is 1. The summed E-state index contributed by atoms with van der Waals surface area (Å²) >= 11 is 0. The Bertz CT molecular complexity index is 534. The monoisotopic (exact) mass is 231 g/mol. The van der Waals surface area contributed by atoms with Gasteiger partial charge in [0.05, 0.1) is 18.5 Å². The van der Waals surface area contributed by atoms with Gasteiger partial charge >= 0.3 is 0 Å². The van der Waals surface area contributed by atoms with Gasteiger partial charge in [-0.3, -0.25) is 9.48 Å². The van der Waals surface area contributed by atoms with E-state index in [1.807, 2.05) is 31.4 Å². The minimum absolute atomic E-state index is 0.611. The number of methoxy groups -OCH3 is 1. The number of carbonyl (C=O) groups excluding carboxylic acids is 1. The number of carbonyl (C=O) groups is 1. The molecule has 1 aromatic heterocycles. The van der Waals surface area contributed by atoms with Crippen molar-refractivity contribution in [1.29, 1.82) is 0 Å². The summed E-state index contributed by atoms with van der Waals surface area (Å²) in [5, 5.41) is 6.88. The molecule has 1 N–H and O–H groups in total. The molecule has 88 valence electrons. The maximum Gasteiger partial charge on any atom is 0.211 e. The van der Waals surface area contributed by atoms with Gasteiger partial charge in [-0.05, 0) is 18.2 Å². The first-order valence-corrected chi connectivity index (χ1v) is 5.13. The normalized spacial score (nSPS) is 10.0. The van der Waals surface area contributed by atoms with Crippen LogP contribution in [-0.2, 0) is 11.8 Å². The van der Waals surface area contributed by atoms with Gasteiger partial charge in [0.2, 0.25) is 6.41 Å². The summed E-state index contributed by atoms with van der Waals surface area (Å²) in [7, 11) is 3.43. The summed E-state index contributed by atoms with van der Waals surface area (Å²) in [6.45, 7) is 0. The number of ether oxygens (including phenoxy) is 1. The number of amides is 1. The van der Waals surface area contributed by atoms with Gasteiger partial charge in [0.25, 0.3) is 0 Å². The van der Waals surface area contributed by atoms with E-state index in [1.165, 1.54) is 0 Å². The molecule has 0 atom stereocenters. The van der Waals surface area contributed by atoms with Crippen LogP contribution >= 0.6 is 0 Å². The Kier molecular flexibility index (Phi) is 3.09. The number of aromatic nitrogens is 2. The first-order chi connectivity index (χ1) is 8.24. The number of benzene rings is 1. The molecular weight excluding hydrogens is 218 g/mol. The number of anilines is 1. The number of rotatable bonds is 4. The van der Waals surface area contributed by atoms with Crippen LogP contribution in [0.2, 0.25) is 0 Å². The van der Waals surface area contributed by atoms with E-state index in [9.17, 15) is 4.79 Å². The van der Waals surface area contributed by atoms with Gasteiger partial charge in [0.1, 0.15) is 5.75 Å². The van der Waals surface area contributed by atoms with Crippen molar-refractivity contribution in [1.82, 2.24) is 9.78 Å². The lowest BCUT2D eigenvalue weighted by Gasteiger charge is -2.08. The molecule has 0 fully saturated rings. The van der Waals surface area contributed by atoms with Crippen molar-refractivity contribution in [2.24, 2.45) is 7.05 Å². The van der Waals surface area contributed by atoms with Crippen LogP contribution in [0, 0.1) is 0 Å². The second-order valence-electron chi connectivity index (χ2n) is 3.55. The third-order valence-electron chi connectivity index (χ3n) is 2.43. The Hall–Kier alpha value is -2.30. The fourth-order valence-electron chi connectivity index (χ4n) is 1.60. The smallest absolute Gasteiger partial charge is 0.211 e. The van der Waals surface area contributed by atoms with E-state index in [2.05, 4.69) is 10.4 Å². The van der Waals surface area contributed by atoms with Gasteiger partial charge in [-0.25, -0.2) is 0 Å². The van der Waals surface area contributed by atoms with E-state index in [1.54, 1.807) is 17.9 Å². The first-order valence-electron chi connectivity index (χ1n) is 5.13. The standard InChI is InChI=1S/C12H13N3O2/c1-15-6-5-10(14-15)9-3-4-11(13-8-16)12(7-9)17-2/h3-8H,1-2H3,(H,13,16). The molecule has 1 amide bonds. The second kappa shape index (κ2) is 4.69. The molecule has 17 heavy (non-hydrogen) atoms. The SMILES string of the molecule is COc1cc(-c2ccn(C)n2)ccc1NC=O. The summed E-state index contributed by atoms with van der Waals surface area (Å²) in [5.74, 6) is 0.611. The highest BCUT2D eigenvalue weighted by molar-refractivity contribution is 5.78. The molecule has 5 nitrogen and oxygen atoms in total. The molecule has 0 bridgehead atoms. The number of nitrogens with zero attached hydrogens (tertiary/aromatic N) is 2. The zero-order valence-electron chi connectivity index (χ0n) is 9.68. The Balaban J connectivity index is 2.40. The number of hydrogen-bond acceptors (Lipinski definition) is 3. The van der Waals surface area contributed by atoms with E-state index in [4.69, 9.17) is 4.74 Å². The average Bonchev–Trinajstić information content (AvgIpc) is 2.77. The lowest BCUT2D eigenvalue weighted by molar-refractivity contribution is -0.105. The summed E-state index contributed by atoms with van der Waals surface area (Å²) in [5.41, 5.74) is 2.45. The molecule has 0 unspecified atom stereocenters. The highest BCUT2D eigenvalue weighted by atomic mass is 16.5. The van der Waals surface area contributed by atoms with Crippen molar-refractivity contribution in [3.8, 4) is 17.0 Å². The maximum atomic E-state index is 10.4. The second-order valence-corrected chi connectivity index (χ2v) is 3.55. The third-order valence-corrected chi connectivity index (χ3v) is 2.43. The van der Waals surface area contributed by atoms with Gasteiger partial charge in [-0.15, -0.1) is 0 Å². The van der Waals surface area contributed by atoms with Crippen molar-refractivity contribution < 1.29 is 9.53 Å². The van der Waals surface area contributed by atoms with Crippen LogP contribution in [0.25, 0.3) is 11.3 Å². The fraction of sp³-hybridized carbons (Fsp3) is 0.167. The van der Waals surface area contributed by atoms with Crippen molar-refractivity contribution in [2.75, 3.05) is 12.4 Å². The summed E-state index contributed by atoms with van der Waals surface area (Å²) in [4.78, 5) is 10.4. The van der Waals surface area contributed by atoms with E-state index >= 15 is 0 Å². The van der Waals surface area contributed by atoms with Crippen LogP contribution in [0.1, 0.15) is 0 Å². The van der Waals surface area contributed by atoms with Crippen molar-refractivity contribution in [3.63, 3.8) is 0 Å². The maximum absolute atomic E-state index is 10.4. The molecule has 0 radical (unpaired) electrons. The molecule has 1 heterocycles. The Labute approximate surface area is 99.0 Å². The predicted molar refractivity (Wildman–Crippen MR) is 64.9 cm³/mol. The number of aryl methyl sites for hydroxylation is 1. The highest BCUT2D eigenvalue weighted by Gasteiger charge is 2.07. The van der Waals surface area contributed by atoms with Gasteiger partial charge in [-0.1, -0.05) is 6.07 Å². The minimum Gasteiger partial charge on any atom is -0.495 e. The Morgan fingerprint density at radius 3 is 2.82 bits per heavy atom. The molecule has 2 aromatic rings. The summed E-state index contributed by atoms with van der Waals surface area (Å²) < 4.78 is 6.95. The van der Waals surface area contributed by atoms with Gasteiger partial charge in [0, 0.05) is 18.8 Å². The van der Waals surface area contributed by atoms with Crippen molar-refractivity contribution in [3.05, 3.63) is 30.5 Å². The lowest BCUT2D eigenvalue weighted by Crippen LogP contribution is -1.97. The Morgan fingerprint density at radius 2 is 2.24 bits per heavy atom. The average molecular weight is 231 g/mol. The Morgan fingerprint density at radius 1 is 1.41 bits per heavy atom. The summed E-state index contributed by atoms with van der Waals surface area (Å²) in [6.07, 6.45) is 2.50. The first kappa shape index (κ1) is 11.2. The van der Waals surface area contributed by atoms with Crippen LogP contribution in [0.3, 0.4) is 0 Å². The van der Waals surface area contributed by atoms with Crippen LogP contribution in [0.15, 0.2) is 30.5 Å². The van der Waals surface area contributed by atoms with E-state index < -0.39 is 0 Å². The molecule has 0 aliphatic heterocycles. The fourth-order valence-corrected chi connectivity index (χ4v) is 1.60. The lowest BCUT2D eigenvalue weighted by atomic mass is 10.1. The zero-order chi connectivity index (χ0) is 12.3. The largest absolute Gasteiger partial charge is 0.495 e. The van der Waals surface area contributed by atoms with Gasteiger partial charge in [-0.2, -0.15) is 5.10 Å². The van der Waals surface area contributed by atoms with Crippen LogP contribution in [0.4, 0.5) is 5.69 Å². The zero-order valence-corrected chi connectivity index (χ0v) is 9.68. The molecule has 0 aliphatic rings. The molecule has 1 aromatic carbocycles. The quantitative estimate of drug-likeness (QED) is 0.814. The van der Waals surface area contributed by atoms with E-state index in [0.717, 1.165) is 11.3 Å². The van der Waals surface area contributed by atoms with Gasteiger partial charge in [0.15, 0.2) is 0 Å². The molecule has 0 spiro atoms. The third kappa shape index (κ3) is 2.28. The molecule has 2 rings (SSSR count). The van der Waals surface area contributed by atoms with E-state index in [-0.39, 0.29) is 0 Å². The van der Waals surface area contributed by atoms with Crippen LogP contribution < -0.4 is 10.1 Å². The molecule has 0 aliphatic carbocycles. The predicted octanol–water partition coefficient (Wildman–Crippen LogP) is 1.66. The van der Waals surface area contributed by atoms with Crippen molar-refractivity contribution >= 4 is 12.1 Å². The molecule has 5 heteroatoms. The molecular formula is C12H13N3O2. The van der Waals surface area contributed by atoms with Crippen LogP contribution in [0.5, 0.6) is 5.75 Å². The summed E-state index contributed by atoms with van der Waals surface area (Å²) in [6, 6.07) is 7.43. The highest BCUT2D eigenvalue weighted by Crippen LogP contribution is 2.29. The van der Waals surface area contributed by atoms with E-state index in [0.29, 0.717) is 17.8 Å². The van der Waals surface area contributed by atoms with Crippen molar-refractivity contribution in [2.45, 2.75) is 0 Å². The minimum atomic E-state index is 0.611.